The van der Waals surface area contributed by atoms with Crippen molar-refractivity contribution in [3.05, 3.63) is 107 Å². The molecular formula is C85H115F2N3O27. The number of carbonyl (C=O) groups is 8. The molecule has 25 atom stereocenters. The first-order valence-corrected chi connectivity index (χ1v) is 40.2. The number of alkyl halides is 2. The Kier molecular flexibility index (Phi) is 24.8. The van der Waals surface area contributed by atoms with Crippen molar-refractivity contribution in [1.29, 1.82) is 0 Å². The van der Waals surface area contributed by atoms with Crippen LogP contribution in [0.5, 0.6) is 0 Å². The number of hydrogen-bond donors (Lipinski definition) is 7. The van der Waals surface area contributed by atoms with Gasteiger partial charge in [-0.2, -0.15) is 0 Å². The van der Waals surface area contributed by atoms with Gasteiger partial charge in [-0.05, 0) is 140 Å². The van der Waals surface area contributed by atoms with Crippen LogP contribution in [0.25, 0.3) is 0 Å². The fourth-order valence-corrected chi connectivity index (χ4v) is 20.7. The predicted octanol–water partition coefficient (Wildman–Crippen LogP) is 7.38. The zero-order chi connectivity index (χ0) is 85.6. The van der Waals surface area contributed by atoms with Crippen LogP contribution in [0.15, 0.2) is 95.6 Å². The van der Waals surface area contributed by atoms with Gasteiger partial charge in [0.2, 0.25) is 0 Å². The molecule has 0 unspecified atom stereocenters. The van der Waals surface area contributed by atoms with Crippen molar-refractivity contribution in [3.63, 3.8) is 0 Å². The molecule has 5 saturated heterocycles. The number of halogens is 2. The topological polar surface area (TPSA) is 394 Å². The summed E-state index contributed by atoms with van der Waals surface area (Å²) in [5, 5.41) is 64.0. The summed E-state index contributed by atoms with van der Waals surface area (Å²) >= 11 is 0. The minimum absolute atomic E-state index is 0.0418. The minimum atomic E-state index is -2.20. The molecule has 0 radical (unpaired) electrons. The van der Waals surface area contributed by atoms with Crippen LogP contribution in [-0.2, 0) is 85.5 Å². The van der Waals surface area contributed by atoms with Crippen LogP contribution in [0.3, 0.4) is 0 Å². The molecule has 6 aliphatic carbocycles. The lowest BCUT2D eigenvalue weighted by molar-refractivity contribution is -0.345. The number of aliphatic hydroxyl groups is 5. The van der Waals surface area contributed by atoms with Gasteiger partial charge in [0.15, 0.2) is 36.0 Å². The van der Waals surface area contributed by atoms with Gasteiger partial charge < -0.3 is 102 Å². The number of alkyl carbamates (subject to hydrolysis) is 2. The van der Waals surface area contributed by atoms with Crippen LogP contribution in [-0.4, -0.2) is 262 Å². The normalized spacial score (nSPS) is 37.1. The van der Waals surface area contributed by atoms with E-state index in [0.717, 1.165) is 6.42 Å². The molecule has 2 amide bonds. The second-order valence-corrected chi connectivity index (χ2v) is 36.8. The van der Waals surface area contributed by atoms with Crippen molar-refractivity contribution >= 4 is 48.0 Å². The van der Waals surface area contributed by atoms with Crippen molar-refractivity contribution in [1.82, 2.24) is 15.5 Å². The summed E-state index contributed by atoms with van der Waals surface area (Å²) in [6.07, 6.45) is -15.1. The molecular weight excluding hydrogens is 1530 g/mol. The lowest BCUT2D eigenvalue weighted by atomic mass is 9.45. The van der Waals surface area contributed by atoms with Crippen LogP contribution in [0.1, 0.15) is 176 Å². The van der Waals surface area contributed by atoms with Crippen LogP contribution in [0.4, 0.5) is 18.4 Å². The maximum Gasteiger partial charge on any atom is 0.408 e. The highest BCUT2D eigenvalue weighted by Gasteiger charge is 2.80. The molecule has 13 rings (SSSR count). The maximum absolute atomic E-state index is 14.4. The number of nitrogens with zero attached hydrogens (tertiary/aromatic N) is 1. The molecule has 117 heavy (non-hydrogen) atoms. The molecule has 0 aromatic heterocycles. The Balaban J connectivity index is 0.000000216. The van der Waals surface area contributed by atoms with E-state index in [1.165, 1.54) is 19.9 Å². The highest BCUT2D eigenvalue weighted by molar-refractivity contribution is 5.90. The average Bonchev–Trinajstić information content (AvgIpc) is 1.65. The van der Waals surface area contributed by atoms with Gasteiger partial charge >= 0.3 is 48.0 Å². The number of ether oxygens (including phenoxy) is 14. The first-order chi connectivity index (χ1) is 54.7. The SMILES string of the molecule is C=C[C@@H]1O[C@@H]2C3=C(C)[C@@H](OC(=O)[C@H](O)[C@H](CF)NC(=O)OC(C)(C)C)C[C@@](O)([C@@H](OC(=O)c4ccccc4)[C@H]4[C@@](C)(CC[C@H]5OC[C@]54OC(C)=O)[C@@H]2O1)C3(C)C.CC(=O)O[C@@]12CO[C@@H]1CC[C@@]1(C)[C@@H]3O[C@H](CN4CC[C@H]4CO)O[C@@H]3C3=C(C)[C@@H](OC(=O)[C@H](O)[C@H](CF)NC(=O)OC(C)(C)C)C[C@@](O)([C@@H](OC(=O)c4ccccc4)[C@@H]12)C3(C)C. The third-order valence-corrected chi connectivity index (χ3v) is 26.6. The first kappa shape index (κ1) is 88.7. The van der Waals surface area contributed by atoms with Crippen LogP contribution in [0.2, 0.25) is 0 Å². The van der Waals surface area contributed by atoms with E-state index in [9.17, 15) is 72.7 Å². The predicted molar refractivity (Wildman–Crippen MR) is 408 cm³/mol. The summed E-state index contributed by atoms with van der Waals surface area (Å²) in [6, 6.07) is 12.9. The molecule has 2 aromatic rings. The summed E-state index contributed by atoms with van der Waals surface area (Å²) in [7, 11) is 0. The number of benzene rings is 2. The van der Waals surface area contributed by atoms with E-state index in [1.54, 1.807) is 144 Å². The Bertz CT molecular complexity index is 4170. The van der Waals surface area contributed by atoms with E-state index in [2.05, 4.69) is 22.1 Å². The summed E-state index contributed by atoms with van der Waals surface area (Å²) in [6.45, 7) is 28.7. The molecule has 2 aromatic carbocycles. The monoisotopic (exact) mass is 1650 g/mol. The number of amides is 2. The van der Waals surface area contributed by atoms with Gasteiger partial charge in [-0.25, -0.2) is 37.5 Å². The molecule has 9 fully saturated rings. The number of esters is 6. The zero-order valence-electron chi connectivity index (χ0n) is 69.3. The lowest BCUT2D eigenvalue weighted by Crippen LogP contribution is -2.79. The number of rotatable bonds is 20. The molecule has 7 N–H and O–H groups in total. The highest BCUT2D eigenvalue weighted by atomic mass is 19.1. The molecule has 32 heteroatoms. The van der Waals surface area contributed by atoms with Crippen molar-refractivity contribution in [3.8, 4) is 0 Å². The second-order valence-electron chi connectivity index (χ2n) is 36.8. The Morgan fingerprint density at radius 2 is 1.00 bits per heavy atom. The van der Waals surface area contributed by atoms with E-state index in [-0.39, 0.29) is 49.8 Å². The zero-order valence-corrected chi connectivity index (χ0v) is 69.3. The van der Waals surface area contributed by atoms with E-state index in [1.807, 2.05) is 13.8 Å². The standard InChI is InChI=1S/C44H61FN2O14.C41H54FNO13/c1-23-28(56-38(52)32(50)27(19-45)46-39(53)61-40(3,4)5)18-44(54)36(59-37(51)25-12-10-9-11-13-25)34-42(8,16-14-29-43(34,22-55-29)60-24(2)49)35-33(31(23)41(44,6)7)57-30(58-35)20-47-17-15-26(47)21-48;1-10-27-52-30-28-21(2)25(51-35(47)29(45)24(19-42)43-36(48)56-37(4,5)6)18-41(49,38(28,7)8)33(54-34(46)23-14-12-11-13-15-23)31-39(9,32(30)53-27)17-16-26-40(31,20-50-26)55-22(3)44/h9-13,26-30,32-36,48,50,54H,14-22H2,1-8H3,(H,46,53);10-15,24-27,29-33,45,49H,1,16-20H2,2-9H3,(H,43,48)/t26-,27-,28-,29+,30+,32+,33+,34-,35+,36-,42+,43-,44+;24-,25-,26+,27+,29+,30+,31-,32+,33-,39+,40-,41+/m00/s1. The fourth-order valence-electron chi connectivity index (χ4n) is 20.7. The Hall–Kier alpha value is -7.60. The minimum Gasteiger partial charge on any atom is -0.456 e. The number of likely N-dealkylation sites (tertiary alicyclic amines) is 1. The first-order valence-electron chi connectivity index (χ1n) is 40.2. The molecule has 646 valence electrons. The van der Waals surface area contributed by atoms with Gasteiger partial charge in [0.25, 0.3) is 0 Å². The van der Waals surface area contributed by atoms with Crippen molar-refractivity contribution in [2.45, 2.75) is 293 Å². The largest absolute Gasteiger partial charge is 0.456 e. The van der Waals surface area contributed by atoms with Gasteiger partial charge in [0.05, 0.1) is 67.1 Å². The van der Waals surface area contributed by atoms with Crippen LogP contribution < -0.4 is 10.6 Å². The van der Waals surface area contributed by atoms with Crippen LogP contribution >= 0.6 is 0 Å². The van der Waals surface area contributed by atoms with Crippen molar-refractivity contribution < 1.29 is 139 Å². The maximum atomic E-state index is 14.4. The van der Waals surface area contributed by atoms with Crippen molar-refractivity contribution in [2.24, 2.45) is 33.5 Å². The quantitative estimate of drug-likeness (QED) is 0.0386. The van der Waals surface area contributed by atoms with Gasteiger partial charge in [0, 0.05) is 67.5 Å². The van der Waals surface area contributed by atoms with Gasteiger partial charge in [-0.15, -0.1) is 0 Å². The molecule has 4 bridgehead atoms. The average molecular weight is 1650 g/mol. The Labute approximate surface area is 679 Å². The summed E-state index contributed by atoms with van der Waals surface area (Å²) in [5.74, 6) is -7.28. The lowest BCUT2D eigenvalue weighted by Gasteiger charge is -2.68. The van der Waals surface area contributed by atoms with Gasteiger partial charge in [-0.3, -0.25) is 14.5 Å². The molecule has 11 aliphatic rings. The number of hydrogen-bond acceptors (Lipinski definition) is 28. The molecule has 5 heterocycles. The molecule has 4 saturated carbocycles. The number of nitrogens with one attached hydrogen (secondary N) is 2. The summed E-state index contributed by atoms with van der Waals surface area (Å²) in [4.78, 5) is 109. The van der Waals surface area contributed by atoms with Crippen molar-refractivity contribution in [2.75, 3.05) is 46.3 Å². The van der Waals surface area contributed by atoms with Gasteiger partial charge in [0.1, 0.15) is 84.6 Å². The number of fused-ring (bicyclic) bond motifs is 16. The Morgan fingerprint density at radius 1 is 0.598 bits per heavy atom. The fraction of sp³-hybridized carbons (Fsp3) is 0.694. The van der Waals surface area contributed by atoms with Gasteiger partial charge in [-0.1, -0.05) is 84.5 Å². The molecule has 5 aliphatic heterocycles. The number of carbonyl (C=O) groups excluding carboxylic acids is 8. The van der Waals surface area contributed by atoms with Crippen LogP contribution in [0, 0.1) is 33.5 Å². The summed E-state index contributed by atoms with van der Waals surface area (Å²) < 4.78 is 116. The smallest absolute Gasteiger partial charge is 0.408 e. The Morgan fingerprint density at radius 3 is 1.34 bits per heavy atom. The highest BCUT2D eigenvalue weighted by Crippen LogP contribution is 2.69. The third-order valence-electron chi connectivity index (χ3n) is 26.6. The van der Waals surface area contributed by atoms with E-state index >= 15 is 0 Å². The van der Waals surface area contributed by atoms with E-state index < -0.39 is 226 Å². The third kappa shape index (κ3) is 15.9. The van der Waals surface area contributed by atoms with E-state index in [0.29, 0.717) is 61.1 Å². The summed E-state index contributed by atoms with van der Waals surface area (Å²) in [5.41, 5.74) is -11.3. The molecule has 30 nitrogen and oxygen atoms in total. The van der Waals surface area contributed by atoms with E-state index in [4.69, 9.17) is 66.3 Å². The second kappa shape index (κ2) is 32.7. The molecule has 0 spiro atoms. The number of aliphatic hydroxyl groups excluding tert-OH is 3.